The molecule has 0 unspecified atom stereocenters. The topological polar surface area (TPSA) is 92.2 Å². The van der Waals surface area contributed by atoms with E-state index in [0.29, 0.717) is 22.6 Å². The molecule has 2 aromatic carbocycles. The zero-order chi connectivity index (χ0) is 21.9. The Morgan fingerprint density at radius 3 is 2.42 bits per heavy atom. The van der Waals surface area contributed by atoms with Gasteiger partial charge >= 0.3 is 5.69 Å². The fourth-order valence-corrected chi connectivity index (χ4v) is 4.01. The molecule has 0 amide bonds. The van der Waals surface area contributed by atoms with Gasteiger partial charge in [0.15, 0.2) is 11.2 Å². The number of rotatable bonds is 3. The van der Waals surface area contributed by atoms with Crippen molar-refractivity contribution in [3.8, 4) is 5.69 Å². The number of anilines is 1. The first-order valence-electron chi connectivity index (χ1n) is 9.97. The molecule has 2 N–H and O–H groups in total. The molecule has 8 nitrogen and oxygen atoms in total. The molecule has 0 aliphatic rings. The van der Waals surface area contributed by atoms with Crippen molar-refractivity contribution in [2.24, 2.45) is 7.05 Å². The summed E-state index contributed by atoms with van der Waals surface area (Å²) in [5, 5.41) is 0. The first kappa shape index (κ1) is 18.9. The number of para-hydroxylation sites is 2. The van der Waals surface area contributed by atoms with Crippen LogP contribution in [-0.2, 0) is 13.6 Å². The largest absolute Gasteiger partial charge is 0.397 e. The van der Waals surface area contributed by atoms with Gasteiger partial charge in [0.05, 0.1) is 17.9 Å². The molecule has 0 aliphatic heterocycles. The van der Waals surface area contributed by atoms with Gasteiger partial charge in [-0.3, -0.25) is 22.9 Å². The second-order valence-electron chi connectivity index (χ2n) is 7.84. The van der Waals surface area contributed by atoms with Gasteiger partial charge in [-0.05, 0) is 31.5 Å². The maximum absolute atomic E-state index is 13.4. The summed E-state index contributed by atoms with van der Waals surface area (Å²) in [5.74, 6) is 0.533. The quantitative estimate of drug-likeness (QED) is 0.459. The number of benzene rings is 2. The van der Waals surface area contributed by atoms with Crippen molar-refractivity contribution in [2.75, 3.05) is 5.73 Å². The van der Waals surface area contributed by atoms with E-state index >= 15 is 0 Å². The standard InChI is InChI=1S/C23H22N6O2/c1-14-8-10-16(11-9-14)13-28-21(30)19-20(26(3)23(28)31)25-22-27(19)12-15(2)29(22)18-7-5-4-6-17(18)24/h4-12H,13,24H2,1-3H3. The van der Waals surface area contributed by atoms with E-state index < -0.39 is 5.69 Å². The minimum atomic E-state index is -0.402. The molecule has 0 radical (unpaired) electrons. The predicted octanol–water partition coefficient (Wildman–Crippen LogP) is 2.39. The molecular formula is C23H22N6O2. The molecule has 3 aromatic heterocycles. The molecule has 5 aromatic rings. The minimum absolute atomic E-state index is 0.195. The Bertz CT molecular complexity index is 1580. The Morgan fingerprint density at radius 1 is 1.00 bits per heavy atom. The predicted molar refractivity (Wildman–Crippen MR) is 121 cm³/mol. The van der Waals surface area contributed by atoms with Gasteiger partial charge in [0.1, 0.15) is 0 Å². The van der Waals surface area contributed by atoms with Crippen molar-refractivity contribution >= 4 is 22.6 Å². The summed E-state index contributed by atoms with van der Waals surface area (Å²) in [4.78, 5) is 31.1. The fourth-order valence-electron chi connectivity index (χ4n) is 4.01. The van der Waals surface area contributed by atoms with E-state index in [-0.39, 0.29) is 12.1 Å². The summed E-state index contributed by atoms with van der Waals surface area (Å²) in [6.07, 6.45) is 1.85. The van der Waals surface area contributed by atoms with Crippen molar-refractivity contribution in [2.45, 2.75) is 20.4 Å². The average Bonchev–Trinajstić information content (AvgIpc) is 3.26. The van der Waals surface area contributed by atoms with Crippen LogP contribution in [0.15, 0.2) is 64.3 Å². The molecule has 3 heterocycles. The lowest BCUT2D eigenvalue weighted by atomic mass is 10.1. The zero-order valence-electron chi connectivity index (χ0n) is 17.5. The van der Waals surface area contributed by atoms with E-state index in [1.54, 1.807) is 11.4 Å². The van der Waals surface area contributed by atoms with Crippen molar-refractivity contribution in [1.82, 2.24) is 23.1 Å². The summed E-state index contributed by atoms with van der Waals surface area (Å²) < 4.78 is 6.31. The number of nitrogen functional groups attached to an aromatic ring is 1. The molecule has 5 rings (SSSR count). The fraction of sp³-hybridized carbons (Fsp3) is 0.174. The van der Waals surface area contributed by atoms with Crippen molar-refractivity contribution < 1.29 is 0 Å². The molecular weight excluding hydrogens is 392 g/mol. The van der Waals surface area contributed by atoms with Crippen LogP contribution in [0, 0.1) is 13.8 Å². The van der Waals surface area contributed by atoms with Crippen LogP contribution in [0.5, 0.6) is 0 Å². The zero-order valence-corrected chi connectivity index (χ0v) is 17.5. The van der Waals surface area contributed by atoms with E-state index in [2.05, 4.69) is 4.98 Å². The average molecular weight is 414 g/mol. The third-order valence-electron chi connectivity index (χ3n) is 5.66. The number of fused-ring (bicyclic) bond motifs is 3. The van der Waals surface area contributed by atoms with Gasteiger partial charge in [-0.15, -0.1) is 0 Å². The van der Waals surface area contributed by atoms with Crippen molar-refractivity contribution in [3.05, 3.63) is 92.4 Å². The van der Waals surface area contributed by atoms with Gasteiger partial charge in [-0.2, -0.15) is 4.98 Å². The third-order valence-corrected chi connectivity index (χ3v) is 5.66. The summed E-state index contributed by atoms with van der Waals surface area (Å²) in [5.41, 5.74) is 10.4. The minimum Gasteiger partial charge on any atom is -0.397 e. The van der Waals surface area contributed by atoms with E-state index in [1.165, 1.54) is 9.13 Å². The number of hydrogen-bond donors (Lipinski definition) is 1. The Morgan fingerprint density at radius 2 is 1.71 bits per heavy atom. The molecule has 0 aliphatic carbocycles. The van der Waals surface area contributed by atoms with Crippen LogP contribution in [0.4, 0.5) is 5.69 Å². The molecule has 0 fully saturated rings. The van der Waals surface area contributed by atoms with Crippen molar-refractivity contribution in [1.29, 1.82) is 0 Å². The second-order valence-corrected chi connectivity index (χ2v) is 7.84. The van der Waals surface area contributed by atoms with Crippen LogP contribution < -0.4 is 17.0 Å². The molecule has 0 saturated heterocycles. The van der Waals surface area contributed by atoms with Gasteiger partial charge in [0, 0.05) is 18.9 Å². The molecule has 0 saturated carbocycles. The van der Waals surface area contributed by atoms with Gasteiger partial charge in [-0.1, -0.05) is 42.0 Å². The van der Waals surface area contributed by atoms with Gasteiger partial charge in [0.25, 0.3) is 5.56 Å². The van der Waals surface area contributed by atoms with E-state index in [1.807, 2.05) is 73.1 Å². The van der Waals surface area contributed by atoms with Crippen LogP contribution in [0.3, 0.4) is 0 Å². The van der Waals surface area contributed by atoms with Crippen LogP contribution in [0.2, 0.25) is 0 Å². The first-order valence-corrected chi connectivity index (χ1v) is 9.97. The molecule has 0 bridgehead atoms. The SMILES string of the molecule is Cc1ccc(Cn2c(=O)c3c(nc4n(-c5ccccc5N)c(C)cn34)n(C)c2=O)cc1. The number of aryl methyl sites for hydroxylation is 3. The van der Waals surface area contributed by atoms with E-state index in [4.69, 9.17) is 5.73 Å². The summed E-state index contributed by atoms with van der Waals surface area (Å²) in [6, 6.07) is 15.3. The normalized spacial score (nSPS) is 11.6. The molecule has 0 atom stereocenters. The Balaban J connectivity index is 1.80. The lowest BCUT2D eigenvalue weighted by Crippen LogP contribution is -2.39. The maximum atomic E-state index is 13.4. The molecule has 156 valence electrons. The van der Waals surface area contributed by atoms with Crippen molar-refractivity contribution in [3.63, 3.8) is 0 Å². The second kappa shape index (κ2) is 6.73. The van der Waals surface area contributed by atoms with Gasteiger partial charge in [0.2, 0.25) is 5.78 Å². The van der Waals surface area contributed by atoms with E-state index in [0.717, 1.165) is 22.5 Å². The van der Waals surface area contributed by atoms with Crippen LogP contribution >= 0.6 is 0 Å². The Hall–Kier alpha value is -4.07. The Kier molecular flexibility index (Phi) is 4.11. The van der Waals surface area contributed by atoms with Crippen LogP contribution in [-0.4, -0.2) is 23.1 Å². The molecule has 8 heteroatoms. The summed E-state index contributed by atoms with van der Waals surface area (Å²) >= 11 is 0. The van der Waals surface area contributed by atoms with E-state index in [9.17, 15) is 9.59 Å². The highest BCUT2D eigenvalue weighted by Gasteiger charge is 2.21. The van der Waals surface area contributed by atoms with Crippen LogP contribution in [0.25, 0.3) is 22.6 Å². The molecule has 31 heavy (non-hydrogen) atoms. The lowest BCUT2D eigenvalue weighted by molar-refractivity contribution is 0.656. The third kappa shape index (κ3) is 2.79. The monoisotopic (exact) mass is 414 g/mol. The number of imidazole rings is 2. The molecule has 0 spiro atoms. The number of aromatic nitrogens is 5. The number of hydrogen-bond acceptors (Lipinski definition) is 4. The van der Waals surface area contributed by atoms with Crippen LogP contribution in [0.1, 0.15) is 16.8 Å². The number of nitrogens with zero attached hydrogens (tertiary/aromatic N) is 5. The lowest BCUT2D eigenvalue weighted by Gasteiger charge is -2.09. The highest BCUT2D eigenvalue weighted by atomic mass is 16.2. The summed E-state index contributed by atoms with van der Waals surface area (Å²) in [6.45, 7) is 4.12. The summed E-state index contributed by atoms with van der Waals surface area (Å²) in [7, 11) is 1.64. The first-order chi connectivity index (χ1) is 14.9. The van der Waals surface area contributed by atoms with Gasteiger partial charge in [-0.25, -0.2) is 4.79 Å². The smallest absolute Gasteiger partial charge is 0.332 e. The Labute approximate surface area is 177 Å². The highest BCUT2D eigenvalue weighted by Crippen LogP contribution is 2.24. The van der Waals surface area contributed by atoms with Gasteiger partial charge < -0.3 is 5.73 Å². The number of nitrogens with two attached hydrogens (primary N) is 1. The maximum Gasteiger partial charge on any atom is 0.332 e. The highest BCUT2D eigenvalue weighted by molar-refractivity contribution is 5.77.